The minimum Gasteiger partial charge on any atom is -0.426 e. The van der Waals surface area contributed by atoms with Crippen LogP contribution in [0.15, 0.2) is 54.6 Å². The van der Waals surface area contributed by atoms with Crippen LogP contribution >= 0.6 is 0 Å². The molecule has 0 N–H and O–H groups in total. The Bertz CT molecular complexity index is 1050. The van der Waals surface area contributed by atoms with Gasteiger partial charge in [-0.15, -0.1) is 0 Å². The lowest BCUT2D eigenvalue weighted by Gasteiger charge is -2.37. The second-order valence-corrected chi connectivity index (χ2v) is 8.72. The van der Waals surface area contributed by atoms with Crippen LogP contribution in [0.25, 0.3) is 10.8 Å². The number of carbonyl (C=O) groups excluding carboxylic acids is 3. The molecule has 0 unspecified atom stereocenters. The van der Waals surface area contributed by atoms with Gasteiger partial charge in [-0.2, -0.15) is 0 Å². The van der Waals surface area contributed by atoms with Crippen molar-refractivity contribution in [3.05, 3.63) is 54.6 Å². The number of amides is 2. The van der Waals surface area contributed by atoms with Crippen molar-refractivity contribution in [3.63, 3.8) is 0 Å². The summed E-state index contributed by atoms with van der Waals surface area (Å²) in [7, 11) is 0. The summed E-state index contributed by atoms with van der Waals surface area (Å²) < 4.78 is 5.45. The van der Waals surface area contributed by atoms with Crippen molar-refractivity contribution in [3.8, 4) is 5.75 Å². The molecule has 2 saturated carbocycles. The number of imide groups is 1. The zero-order valence-electron chi connectivity index (χ0n) is 15.9. The molecular weight excluding hydrogens is 366 g/mol. The van der Waals surface area contributed by atoms with Crippen LogP contribution in [0.3, 0.4) is 0 Å². The lowest BCUT2D eigenvalue weighted by atomic mass is 9.63. The van der Waals surface area contributed by atoms with Gasteiger partial charge in [0.15, 0.2) is 0 Å². The molecule has 7 rings (SSSR count). The Kier molecular flexibility index (Phi) is 3.52. The predicted molar refractivity (Wildman–Crippen MR) is 106 cm³/mol. The van der Waals surface area contributed by atoms with E-state index >= 15 is 0 Å². The van der Waals surface area contributed by atoms with Crippen molar-refractivity contribution >= 4 is 28.6 Å². The normalized spacial score (nSPS) is 33.7. The number of ether oxygens (including phenoxy) is 1. The highest BCUT2D eigenvalue weighted by atomic mass is 16.5. The van der Waals surface area contributed by atoms with Gasteiger partial charge in [0.05, 0.1) is 18.3 Å². The molecule has 5 heteroatoms. The van der Waals surface area contributed by atoms with Crippen LogP contribution in [0.1, 0.15) is 12.8 Å². The summed E-state index contributed by atoms with van der Waals surface area (Å²) in [6.45, 7) is 0.103. The molecule has 6 atom stereocenters. The molecular formula is C24H21NO4. The van der Waals surface area contributed by atoms with E-state index < -0.39 is 5.97 Å². The molecule has 0 aromatic heterocycles. The van der Waals surface area contributed by atoms with Crippen LogP contribution < -0.4 is 4.74 Å². The fourth-order valence-electron chi connectivity index (χ4n) is 5.86. The number of allylic oxidation sites excluding steroid dienone is 2. The number of rotatable bonds is 4. The van der Waals surface area contributed by atoms with Crippen LogP contribution in [-0.4, -0.2) is 29.2 Å². The zero-order chi connectivity index (χ0) is 19.7. The van der Waals surface area contributed by atoms with Crippen LogP contribution in [0.4, 0.5) is 0 Å². The van der Waals surface area contributed by atoms with Gasteiger partial charge in [0, 0.05) is 6.54 Å². The first-order chi connectivity index (χ1) is 14.1. The average molecular weight is 387 g/mol. The lowest BCUT2D eigenvalue weighted by molar-refractivity contribution is -0.141. The first-order valence-electron chi connectivity index (χ1n) is 10.3. The minimum atomic E-state index is -0.431. The van der Waals surface area contributed by atoms with Crippen LogP contribution in [-0.2, 0) is 14.4 Å². The summed E-state index contributed by atoms with van der Waals surface area (Å²) in [6.07, 6.45) is 5.47. The number of likely N-dealkylation sites (tertiary alicyclic amines) is 1. The van der Waals surface area contributed by atoms with E-state index in [2.05, 4.69) is 12.2 Å². The average Bonchev–Trinajstić information content (AvgIpc) is 3.51. The molecule has 5 nitrogen and oxygen atoms in total. The van der Waals surface area contributed by atoms with Gasteiger partial charge in [0.2, 0.25) is 11.8 Å². The molecule has 2 aromatic rings. The third kappa shape index (κ3) is 2.49. The summed E-state index contributed by atoms with van der Waals surface area (Å²) in [6, 6.07) is 13.3. The number of fused-ring (bicyclic) bond motifs is 1. The zero-order valence-corrected chi connectivity index (χ0v) is 15.9. The molecule has 5 aliphatic rings. The molecule has 1 saturated heterocycles. The molecule has 0 spiro atoms. The Morgan fingerprint density at radius 2 is 1.59 bits per heavy atom. The molecule has 1 aliphatic heterocycles. The maximum Gasteiger partial charge on any atom is 0.312 e. The molecule has 2 amide bonds. The van der Waals surface area contributed by atoms with E-state index in [9.17, 15) is 14.4 Å². The summed E-state index contributed by atoms with van der Waals surface area (Å²) in [4.78, 5) is 39.5. The van der Waals surface area contributed by atoms with Gasteiger partial charge in [0.1, 0.15) is 5.75 Å². The standard InChI is InChI=1S/C24H21NO4/c26-20(29-15-6-5-13-3-1-2-4-14(13)11-15)9-10-25-23(27)21-16-7-8-17(19-12-18(16)19)22(21)24(25)28/h1-8,11,16-19,21-22H,9-10,12H2/t16-,17-,18-,19+,21+,22+/m0/s1. The Morgan fingerprint density at radius 3 is 2.28 bits per heavy atom. The van der Waals surface area contributed by atoms with E-state index in [1.54, 1.807) is 6.07 Å². The van der Waals surface area contributed by atoms with Gasteiger partial charge in [-0.3, -0.25) is 19.3 Å². The number of carbonyl (C=O) groups is 3. The Balaban J connectivity index is 1.13. The fraction of sp³-hybridized carbons (Fsp3) is 0.375. The van der Waals surface area contributed by atoms with Crippen molar-refractivity contribution < 1.29 is 19.1 Å². The lowest BCUT2D eigenvalue weighted by Crippen LogP contribution is -2.40. The van der Waals surface area contributed by atoms with Crippen molar-refractivity contribution in [1.82, 2.24) is 4.90 Å². The number of benzene rings is 2. The van der Waals surface area contributed by atoms with Gasteiger partial charge in [-0.1, -0.05) is 42.5 Å². The molecule has 0 radical (unpaired) electrons. The quantitative estimate of drug-likeness (QED) is 0.350. The Morgan fingerprint density at radius 1 is 0.931 bits per heavy atom. The molecule has 4 aliphatic carbocycles. The predicted octanol–water partition coefficient (Wildman–Crippen LogP) is 3.19. The van der Waals surface area contributed by atoms with Gasteiger partial charge in [-0.05, 0) is 53.0 Å². The van der Waals surface area contributed by atoms with Crippen molar-refractivity contribution in [2.75, 3.05) is 6.54 Å². The number of hydrogen-bond acceptors (Lipinski definition) is 4. The van der Waals surface area contributed by atoms with Crippen molar-refractivity contribution in [2.24, 2.45) is 35.5 Å². The minimum absolute atomic E-state index is 0.0133. The van der Waals surface area contributed by atoms with Gasteiger partial charge in [0.25, 0.3) is 0 Å². The summed E-state index contributed by atoms with van der Waals surface area (Å²) in [5, 5.41) is 2.07. The molecule has 1 heterocycles. The van der Waals surface area contributed by atoms with E-state index in [-0.39, 0.29) is 48.5 Å². The molecule has 2 aromatic carbocycles. The summed E-state index contributed by atoms with van der Waals surface area (Å²) in [5.74, 6) is 1.02. The van der Waals surface area contributed by atoms with E-state index in [0.29, 0.717) is 17.6 Å². The molecule has 2 bridgehead atoms. The molecule has 146 valence electrons. The third-order valence-corrected chi connectivity index (χ3v) is 7.25. The van der Waals surface area contributed by atoms with Crippen LogP contribution in [0.2, 0.25) is 0 Å². The van der Waals surface area contributed by atoms with E-state index in [4.69, 9.17) is 4.74 Å². The third-order valence-electron chi connectivity index (χ3n) is 7.25. The summed E-state index contributed by atoms with van der Waals surface area (Å²) in [5.41, 5.74) is 0. The molecule has 29 heavy (non-hydrogen) atoms. The first kappa shape index (κ1) is 17.0. The monoisotopic (exact) mass is 387 g/mol. The van der Waals surface area contributed by atoms with Gasteiger partial charge < -0.3 is 4.74 Å². The smallest absolute Gasteiger partial charge is 0.312 e. The number of hydrogen-bond donors (Lipinski definition) is 0. The first-order valence-corrected chi connectivity index (χ1v) is 10.3. The maximum atomic E-state index is 12.9. The topological polar surface area (TPSA) is 63.7 Å². The van der Waals surface area contributed by atoms with Gasteiger partial charge >= 0.3 is 5.97 Å². The highest BCUT2D eigenvalue weighted by molar-refractivity contribution is 6.06. The Hall–Kier alpha value is -2.95. The number of esters is 1. The SMILES string of the molecule is O=C(CCN1C(=O)[C@@H]2[C@H]3C=C[C@@H]([C@@H]4C[C@H]34)[C@H]2C1=O)Oc1ccc2ccccc2c1. The van der Waals surface area contributed by atoms with Crippen molar-refractivity contribution in [2.45, 2.75) is 12.8 Å². The largest absolute Gasteiger partial charge is 0.426 e. The Labute approximate surface area is 168 Å². The van der Waals surface area contributed by atoms with Crippen molar-refractivity contribution in [1.29, 1.82) is 0 Å². The summed E-state index contributed by atoms with van der Waals surface area (Å²) >= 11 is 0. The van der Waals surface area contributed by atoms with Gasteiger partial charge in [-0.25, -0.2) is 0 Å². The highest BCUT2D eigenvalue weighted by Gasteiger charge is 2.66. The van der Waals surface area contributed by atoms with Crippen LogP contribution in [0, 0.1) is 35.5 Å². The van der Waals surface area contributed by atoms with E-state index in [1.807, 2.05) is 36.4 Å². The fourth-order valence-corrected chi connectivity index (χ4v) is 5.86. The second-order valence-electron chi connectivity index (χ2n) is 8.72. The van der Waals surface area contributed by atoms with E-state index in [0.717, 1.165) is 17.2 Å². The molecule has 3 fully saturated rings. The highest BCUT2D eigenvalue weighted by Crippen LogP contribution is 2.65. The second kappa shape index (κ2) is 6.02. The number of nitrogens with zero attached hydrogens (tertiary/aromatic N) is 1. The maximum absolute atomic E-state index is 12.9. The van der Waals surface area contributed by atoms with E-state index in [1.165, 1.54) is 4.90 Å². The van der Waals surface area contributed by atoms with Crippen LogP contribution in [0.5, 0.6) is 5.75 Å².